The minimum Gasteiger partial charge on any atom is -0.331 e. The van der Waals surface area contributed by atoms with Crippen LogP contribution in [0.1, 0.15) is 17.0 Å². The molecule has 0 atom stereocenters. The van der Waals surface area contributed by atoms with E-state index >= 15 is 0 Å². The number of benzene rings is 2. The van der Waals surface area contributed by atoms with E-state index in [-0.39, 0.29) is 12.6 Å². The maximum absolute atomic E-state index is 11.9. The first-order chi connectivity index (χ1) is 13.9. The first kappa shape index (κ1) is 21.5. The minimum absolute atomic E-state index is 0.212. The molecule has 0 radical (unpaired) electrons. The molecule has 6 nitrogen and oxygen atoms in total. The Morgan fingerprint density at radius 2 is 1.93 bits per heavy atom. The molecule has 2 amide bonds. The van der Waals surface area contributed by atoms with Crippen LogP contribution in [0.25, 0.3) is 5.69 Å². The maximum atomic E-state index is 11.9. The van der Waals surface area contributed by atoms with Crippen LogP contribution in [-0.4, -0.2) is 39.8 Å². The number of carbonyl (C=O) groups excluding carboxylic acids is 1. The summed E-state index contributed by atoms with van der Waals surface area (Å²) < 4.78 is 1.86. The first-order valence-electron chi connectivity index (χ1n) is 8.89. The van der Waals surface area contributed by atoms with Crippen LogP contribution in [-0.2, 0) is 12.3 Å². The van der Waals surface area contributed by atoms with Crippen molar-refractivity contribution >= 4 is 41.0 Å². The maximum Gasteiger partial charge on any atom is 0.317 e. The number of hydrogen-bond donors (Lipinski definition) is 1. The van der Waals surface area contributed by atoms with E-state index in [0.29, 0.717) is 26.7 Å². The number of nitrogens with zero attached hydrogens (tertiary/aromatic N) is 4. The molecule has 0 aliphatic rings. The molecule has 1 aromatic heterocycles. The van der Waals surface area contributed by atoms with E-state index in [9.17, 15) is 4.79 Å². The number of thioether (sulfide) groups is 1. The molecule has 1 N–H and O–H groups in total. The summed E-state index contributed by atoms with van der Waals surface area (Å²) in [6.45, 7) is 2.30. The van der Waals surface area contributed by atoms with Gasteiger partial charge in [-0.3, -0.25) is 4.57 Å². The van der Waals surface area contributed by atoms with Gasteiger partial charge in [-0.25, -0.2) is 4.79 Å². The standard InChI is InChI=1S/C20H21Cl2N5OS/c1-13-6-4-5-7-14(13)12-29-20-25-24-18(11-23-19(28)26(2)3)27(20)17-9-8-15(21)10-16(17)22/h4-10H,11-12H2,1-3H3,(H,23,28). The van der Waals surface area contributed by atoms with Gasteiger partial charge in [0.15, 0.2) is 11.0 Å². The highest BCUT2D eigenvalue weighted by molar-refractivity contribution is 7.98. The van der Waals surface area contributed by atoms with Crippen molar-refractivity contribution in [3.05, 3.63) is 69.5 Å². The molecule has 0 unspecified atom stereocenters. The van der Waals surface area contributed by atoms with Gasteiger partial charge in [-0.1, -0.05) is 59.2 Å². The Labute approximate surface area is 184 Å². The molecule has 0 saturated heterocycles. The smallest absolute Gasteiger partial charge is 0.317 e. The zero-order valence-corrected chi connectivity index (χ0v) is 18.6. The van der Waals surface area contributed by atoms with Crippen LogP contribution in [0.2, 0.25) is 10.0 Å². The molecule has 0 aliphatic heterocycles. The number of amides is 2. The van der Waals surface area contributed by atoms with E-state index in [0.717, 1.165) is 5.75 Å². The Hall–Kier alpha value is -2.22. The number of urea groups is 1. The van der Waals surface area contributed by atoms with E-state index in [4.69, 9.17) is 23.2 Å². The SMILES string of the molecule is Cc1ccccc1CSc1nnc(CNC(=O)N(C)C)n1-c1ccc(Cl)cc1Cl. The number of nitrogens with one attached hydrogen (secondary N) is 1. The summed E-state index contributed by atoms with van der Waals surface area (Å²) in [6, 6.07) is 13.3. The zero-order valence-electron chi connectivity index (χ0n) is 16.3. The molecular formula is C20H21Cl2N5OS. The van der Waals surface area contributed by atoms with Crippen LogP contribution < -0.4 is 5.32 Å². The molecule has 0 fully saturated rings. The molecule has 152 valence electrons. The highest BCUT2D eigenvalue weighted by Gasteiger charge is 2.18. The van der Waals surface area contributed by atoms with Crippen molar-refractivity contribution in [2.45, 2.75) is 24.4 Å². The van der Waals surface area contributed by atoms with Gasteiger partial charge in [0.25, 0.3) is 0 Å². The average molecular weight is 450 g/mol. The van der Waals surface area contributed by atoms with Crippen molar-refractivity contribution in [2.24, 2.45) is 0 Å². The van der Waals surface area contributed by atoms with Crippen molar-refractivity contribution in [3.8, 4) is 5.69 Å². The molecule has 1 heterocycles. The second-order valence-electron chi connectivity index (χ2n) is 6.60. The molecule has 2 aromatic carbocycles. The summed E-state index contributed by atoms with van der Waals surface area (Å²) in [5.74, 6) is 1.32. The highest BCUT2D eigenvalue weighted by Crippen LogP contribution is 2.31. The third-order valence-electron chi connectivity index (χ3n) is 4.27. The number of aryl methyl sites for hydroxylation is 1. The van der Waals surface area contributed by atoms with Crippen LogP contribution >= 0.6 is 35.0 Å². The monoisotopic (exact) mass is 449 g/mol. The van der Waals surface area contributed by atoms with Crippen LogP contribution in [0.5, 0.6) is 0 Å². The Kier molecular flexibility index (Phi) is 7.05. The second-order valence-corrected chi connectivity index (χ2v) is 8.38. The van der Waals surface area contributed by atoms with Crippen molar-refractivity contribution < 1.29 is 4.79 Å². The minimum atomic E-state index is -0.212. The van der Waals surface area contributed by atoms with Gasteiger partial charge in [0.1, 0.15) is 0 Å². The van der Waals surface area contributed by atoms with E-state index in [1.807, 2.05) is 22.8 Å². The summed E-state index contributed by atoms with van der Waals surface area (Å²) in [4.78, 5) is 13.4. The summed E-state index contributed by atoms with van der Waals surface area (Å²) in [6.07, 6.45) is 0. The molecule has 0 spiro atoms. The third kappa shape index (κ3) is 5.23. The van der Waals surface area contributed by atoms with Crippen molar-refractivity contribution in [2.75, 3.05) is 14.1 Å². The lowest BCUT2D eigenvalue weighted by Gasteiger charge is -2.14. The molecule has 29 heavy (non-hydrogen) atoms. The number of aromatic nitrogens is 3. The quantitative estimate of drug-likeness (QED) is 0.540. The van der Waals surface area contributed by atoms with Crippen LogP contribution in [0, 0.1) is 6.92 Å². The lowest BCUT2D eigenvalue weighted by molar-refractivity contribution is 0.216. The molecule has 0 bridgehead atoms. The third-order valence-corrected chi connectivity index (χ3v) is 5.79. The van der Waals surface area contributed by atoms with Crippen molar-refractivity contribution in [1.29, 1.82) is 0 Å². The number of hydrogen-bond acceptors (Lipinski definition) is 4. The van der Waals surface area contributed by atoms with Crippen molar-refractivity contribution in [1.82, 2.24) is 25.0 Å². The Morgan fingerprint density at radius 3 is 2.62 bits per heavy atom. The van der Waals surface area contributed by atoms with E-state index < -0.39 is 0 Å². The highest BCUT2D eigenvalue weighted by atomic mass is 35.5. The summed E-state index contributed by atoms with van der Waals surface area (Å²) in [7, 11) is 3.36. The van der Waals surface area contributed by atoms with Crippen LogP contribution in [0.3, 0.4) is 0 Å². The molecule has 0 aliphatic carbocycles. The van der Waals surface area contributed by atoms with Gasteiger partial charge in [0.05, 0.1) is 17.3 Å². The number of halogens is 2. The van der Waals surface area contributed by atoms with Crippen LogP contribution in [0.4, 0.5) is 4.79 Å². The van der Waals surface area contributed by atoms with Gasteiger partial charge in [0, 0.05) is 24.9 Å². The van der Waals surface area contributed by atoms with Gasteiger partial charge in [0.2, 0.25) is 0 Å². The van der Waals surface area contributed by atoms with Gasteiger partial charge >= 0.3 is 6.03 Å². The zero-order chi connectivity index (χ0) is 21.0. The van der Waals surface area contributed by atoms with Crippen molar-refractivity contribution in [3.63, 3.8) is 0 Å². The normalized spacial score (nSPS) is 10.8. The summed E-state index contributed by atoms with van der Waals surface area (Å²) in [5.41, 5.74) is 3.15. The largest absolute Gasteiger partial charge is 0.331 e. The predicted octanol–water partition coefficient (Wildman–Crippen LogP) is 4.95. The number of rotatable bonds is 6. The Bertz CT molecular complexity index is 1020. The summed E-state index contributed by atoms with van der Waals surface area (Å²) in [5, 5.41) is 13.2. The molecule has 9 heteroatoms. The fourth-order valence-corrected chi connectivity index (χ4v) is 4.17. The Balaban J connectivity index is 1.93. The van der Waals surface area contributed by atoms with Gasteiger partial charge in [-0.05, 0) is 36.2 Å². The van der Waals surface area contributed by atoms with E-state index in [2.05, 4.69) is 34.6 Å². The second kappa shape index (κ2) is 9.52. The predicted molar refractivity (Wildman–Crippen MR) is 118 cm³/mol. The van der Waals surface area contributed by atoms with Gasteiger partial charge in [-0.15, -0.1) is 10.2 Å². The lowest BCUT2D eigenvalue weighted by atomic mass is 10.1. The fraction of sp³-hybridized carbons (Fsp3) is 0.250. The number of carbonyl (C=O) groups is 1. The van der Waals surface area contributed by atoms with Gasteiger partial charge in [-0.2, -0.15) is 0 Å². The average Bonchev–Trinajstić information content (AvgIpc) is 3.08. The molecule has 3 rings (SSSR count). The van der Waals surface area contributed by atoms with E-state index in [1.54, 1.807) is 38.0 Å². The summed E-state index contributed by atoms with van der Waals surface area (Å²) >= 11 is 14.1. The molecule has 3 aromatic rings. The Morgan fingerprint density at radius 1 is 1.17 bits per heavy atom. The van der Waals surface area contributed by atoms with E-state index in [1.165, 1.54) is 16.0 Å². The first-order valence-corrected chi connectivity index (χ1v) is 10.6. The molecular weight excluding hydrogens is 429 g/mol. The topological polar surface area (TPSA) is 63.1 Å². The van der Waals surface area contributed by atoms with Gasteiger partial charge < -0.3 is 10.2 Å². The fourth-order valence-electron chi connectivity index (χ4n) is 2.64. The van der Waals surface area contributed by atoms with Crippen LogP contribution in [0.15, 0.2) is 47.6 Å². The lowest BCUT2D eigenvalue weighted by Crippen LogP contribution is -2.34. The molecule has 0 saturated carbocycles.